The second-order valence-electron chi connectivity index (χ2n) is 3.79. The maximum atomic E-state index is 5.58. The van der Waals surface area contributed by atoms with E-state index in [1.165, 1.54) is 5.69 Å². The molecule has 0 saturated carbocycles. The topological polar surface area (TPSA) is 53.6 Å². The van der Waals surface area contributed by atoms with E-state index >= 15 is 0 Å². The molecule has 0 radical (unpaired) electrons. The highest BCUT2D eigenvalue weighted by molar-refractivity contribution is 14.0. The first-order valence-electron chi connectivity index (χ1n) is 5.39. The van der Waals surface area contributed by atoms with E-state index in [4.69, 9.17) is 5.73 Å². The van der Waals surface area contributed by atoms with Crippen molar-refractivity contribution in [2.24, 2.45) is 10.7 Å². The fourth-order valence-corrected chi connectivity index (χ4v) is 1.39. The summed E-state index contributed by atoms with van der Waals surface area (Å²) in [6.07, 6.45) is 0. The van der Waals surface area contributed by atoms with Gasteiger partial charge in [0.1, 0.15) is 0 Å². The predicted octanol–water partition coefficient (Wildman–Crippen LogP) is 1.66. The van der Waals surface area contributed by atoms with Crippen molar-refractivity contribution in [1.82, 2.24) is 5.32 Å². The van der Waals surface area contributed by atoms with E-state index in [0.717, 1.165) is 6.54 Å². The third kappa shape index (κ3) is 5.25. The van der Waals surface area contributed by atoms with Gasteiger partial charge in [-0.2, -0.15) is 0 Å². The van der Waals surface area contributed by atoms with E-state index < -0.39 is 0 Å². The Morgan fingerprint density at radius 1 is 1.41 bits per heavy atom. The number of rotatable bonds is 4. The molecule has 0 heterocycles. The van der Waals surface area contributed by atoms with Crippen LogP contribution in [0.3, 0.4) is 0 Å². The van der Waals surface area contributed by atoms with Crippen LogP contribution in [0.4, 0.5) is 5.69 Å². The molecule has 0 bridgehead atoms. The number of guanidine groups is 1. The molecule has 1 aromatic rings. The van der Waals surface area contributed by atoms with Crippen LogP contribution in [0.15, 0.2) is 35.3 Å². The second-order valence-corrected chi connectivity index (χ2v) is 3.79. The maximum absolute atomic E-state index is 5.58. The number of nitrogens with zero attached hydrogens (tertiary/aromatic N) is 2. The number of benzene rings is 1. The SMILES string of the molecule is CN=C(N)NCC(C)N(C)c1ccccc1.I. The van der Waals surface area contributed by atoms with Gasteiger partial charge in [0.05, 0.1) is 0 Å². The zero-order valence-corrected chi connectivity index (χ0v) is 12.9. The molecular weight excluding hydrogens is 327 g/mol. The lowest BCUT2D eigenvalue weighted by Gasteiger charge is -2.27. The van der Waals surface area contributed by atoms with Gasteiger partial charge in [0.15, 0.2) is 5.96 Å². The van der Waals surface area contributed by atoms with E-state index in [0.29, 0.717) is 12.0 Å². The molecule has 0 aromatic heterocycles. The number of para-hydroxylation sites is 1. The van der Waals surface area contributed by atoms with Gasteiger partial charge in [0.25, 0.3) is 0 Å². The van der Waals surface area contributed by atoms with Gasteiger partial charge in [-0.1, -0.05) is 18.2 Å². The molecule has 1 unspecified atom stereocenters. The molecule has 17 heavy (non-hydrogen) atoms. The van der Waals surface area contributed by atoms with E-state index in [2.05, 4.69) is 41.3 Å². The number of anilines is 1. The number of nitrogens with two attached hydrogens (primary N) is 1. The zero-order valence-electron chi connectivity index (χ0n) is 10.6. The van der Waals surface area contributed by atoms with Crippen molar-refractivity contribution in [1.29, 1.82) is 0 Å². The third-order valence-electron chi connectivity index (χ3n) is 2.64. The lowest BCUT2D eigenvalue weighted by Crippen LogP contribution is -2.42. The van der Waals surface area contributed by atoms with Crippen molar-refractivity contribution in [2.45, 2.75) is 13.0 Å². The van der Waals surface area contributed by atoms with Gasteiger partial charge in [-0.15, -0.1) is 24.0 Å². The van der Waals surface area contributed by atoms with E-state index in [9.17, 15) is 0 Å². The van der Waals surface area contributed by atoms with E-state index in [-0.39, 0.29) is 24.0 Å². The Hall–Kier alpha value is -0.980. The van der Waals surface area contributed by atoms with Crippen LogP contribution in [0.2, 0.25) is 0 Å². The molecule has 4 nitrogen and oxygen atoms in total. The number of aliphatic imine (C=N–C) groups is 1. The number of hydrogen-bond donors (Lipinski definition) is 2. The van der Waals surface area contributed by atoms with Crippen LogP contribution in [0.5, 0.6) is 0 Å². The molecule has 0 amide bonds. The highest BCUT2D eigenvalue weighted by Gasteiger charge is 2.09. The predicted molar refractivity (Wildman–Crippen MR) is 85.3 cm³/mol. The summed E-state index contributed by atoms with van der Waals surface area (Å²) >= 11 is 0. The summed E-state index contributed by atoms with van der Waals surface area (Å²) in [6, 6.07) is 10.6. The van der Waals surface area contributed by atoms with Gasteiger partial charge in [-0.05, 0) is 19.1 Å². The average molecular weight is 348 g/mol. The minimum Gasteiger partial charge on any atom is -0.370 e. The Morgan fingerprint density at radius 3 is 2.53 bits per heavy atom. The van der Waals surface area contributed by atoms with Gasteiger partial charge < -0.3 is 16.0 Å². The van der Waals surface area contributed by atoms with Crippen LogP contribution < -0.4 is 16.0 Å². The third-order valence-corrected chi connectivity index (χ3v) is 2.64. The van der Waals surface area contributed by atoms with E-state index in [1.807, 2.05) is 18.2 Å². The van der Waals surface area contributed by atoms with Crippen molar-refractivity contribution >= 4 is 35.6 Å². The summed E-state index contributed by atoms with van der Waals surface area (Å²) in [5.41, 5.74) is 6.78. The Kier molecular flexibility index (Phi) is 7.69. The summed E-state index contributed by atoms with van der Waals surface area (Å²) in [6.45, 7) is 2.91. The quantitative estimate of drug-likeness (QED) is 0.494. The lowest BCUT2D eigenvalue weighted by atomic mass is 10.2. The first-order valence-corrected chi connectivity index (χ1v) is 5.39. The molecule has 1 aromatic carbocycles. The maximum Gasteiger partial charge on any atom is 0.188 e. The Bertz CT molecular complexity index is 340. The molecule has 0 aliphatic rings. The number of halogens is 1. The van der Waals surface area contributed by atoms with Crippen molar-refractivity contribution < 1.29 is 0 Å². The molecule has 1 rings (SSSR count). The van der Waals surface area contributed by atoms with Crippen molar-refractivity contribution in [3.8, 4) is 0 Å². The minimum absolute atomic E-state index is 0. The molecule has 0 aliphatic carbocycles. The average Bonchev–Trinajstić information content (AvgIpc) is 2.35. The van der Waals surface area contributed by atoms with Crippen molar-refractivity contribution in [2.75, 3.05) is 25.5 Å². The Morgan fingerprint density at radius 2 is 2.00 bits per heavy atom. The molecule has 3 N–H and O–H groups in total. The van der Waals surface area contributed by atoms with Gasteiger partial charge in [0, 0.05) is 32.4 Å². The summed E-state index contributed by atoms with van der Waals surface area (Å²) in [4.78, 5) is 6.06. The largest absolute Gasteiger partial charge is 0.370 e. The van der Waals surface area contributed by atoms with Crippen LogP contribution in [-0.2, 0) is 0 Å². The Labute approximate surface area is 120 Å². The van der Waals surface area contributed by atoms with Crippen molar-refractivity contribution in [3.05, 3.63) is 30.3 Å². The molecule has 0 aliphatic heterocycles. The Balaban J connectivity index is 0.00000256. The smallest absolute Gasteiger partial charge is 0.188 e. The van der Waals surface area contributed by atoms with Crippen LogP contribution >= 0.6 is 24.0 Å². The number of likely N-dealkylation sites (N-methyl/N-ethyl adjacent to an activating group) is 1. The summed E-state index contributed by atoms with van der Waals surface area (Å²) < 4.78 is 0. The molecule has 1 atom stereocenters. The van der Waals surface area contributed by atoms with Crippen molar-refractivity contribution in [3.63, 3.8) is 0 Å². The number of nitrogens with one attached hydrogen (secondary N) is 1. The zero-order chi connectivity index (χ0) is 12.0. The van der Waals surface area contributed by atoms with Gasteiger partial charge in [-0.3, -0.25) is 4.99 Å². The van der Waals surface area contributed by atoms with Crippen LogP contribution in [0.25, 0.3) is 0 Å². The molecule has 0 spiro atoms. The molecule has 96 valence electrons. The second kappa shape index (κ2) is 8.16. The first kappa shape index (κ1) is 16.0. The van der Waals surface area contributed by atoms with Crippen LogP contribution in [0, 0.1) is 0 Å². The standard InChI is InChI=1S/C12H20N4.HI/c1-10(9-15-12(13)14-2)16(3)11-7-5-4-6-8-11;/h4-8,10H,9H2,1-3H3,(H3,13,14,15);1H. The molecule has 0 fully saturated rings. The van der Waals surface area contributed by atoms with E-state index in [1.54, 1.807) is 7.05 Å². The van der Waals surface area contributed by atoms with Gasteiger partial charge in [-0.25, -0.2) is 0 Å². The summed E-state index contributed by atoms with van der Waals surface area (Å²) in [7, 11) is 3.74. The summed E-state index contributed by atoms with van der Waals surface area (Å²) in [5.74, 6) is 0.480. The fraction of sp³-hybridized carbons (Fsp3) is 0.417. The van der Waals surface area contributed by atoms with Crippen LogP contribution in [-0.4, -0.2) is 32.6 Å². The monoisotopic (exact) mass is 348 g/mol. The van der Waals surface area contributed by atoms with Gasteiger partial charge in [0.2, 0.25) is 0 Å². The van der Waals surface area contributed by atoms with Crippen LogP contribution in [0.1, 0.15) is 6.92 Å². The fourth-order valence-electron chi connectivity index (χ4n) is 1.39. The summed E-state index contributed by atoms with van der Waals surface area (Å²) in [5, 5.41) is 3.07. The minimum atomic E-state index is 0. The molecule has 0 saturated heterocycles. The normalized spacial score (nSPS) is 12.5. The molecular formula is C12H21IN4. The molecule has 5 heteroatoms. The highest BCUT2D eigenvalue weighted by atomic mass is 127. The van der Waals surface area contributed by atoms with Gasteiger partial charge >= 0.3 is 0 Å². The first-order chi connectivity index (χ1) is 7.65. The number of hydrogen-bond acceptors (Lipinski definition) is 2. The highest BCUT2D eigenvalue weighted by Crippen LogP contribution is 2.13. The lowest BCUT2D eigenvalue weighted by molar-refractivity contribution is 0.657.